The summed E-state index contributed by atoms with van der Waals surface area (Å²) in [4.78, 5) is 0. The first-order valence-electron chi connectivity index (χ1n) is 7.44. The fourth-order valence-electron chi connectivity index (χ4n) is 2.33. The largest absolute Gasteiger partial charge is 0.497 e. The topological polar surface area (TPSA) is 21.3 Å². The van der Waals surface area contributed by atoms with E-state index >= 15 is 0 Å². The molecule has 20 heavy (non-hydrogen) atoms. The average Bonchev–Trinajstić information content (AvgIpc) is 2.39. The van der Waals surface area contributed by atoms with E-state index in [1.165, 1.54) is 16.5 Å². The second kappa shape index (κ2) is 8.04. The molecule has 1 aromatic rings. The summed E-state index contributed by atoms with van der Waals surface area (Å²) in [5.74, 6) is 0.928. The van der Waals surface area contributed by atoms with Crippen LogP contribution in [0.1, 0.15) is 46.1 Å². The second-order valence-electron chi connectivity index (χ2n) is 6.37. The van der Waals surface area contributed by atoms with Gasteiger partial charge in [-0.05, 0) is 55.0 Å². The molecule has 1 N–H and O–H groups in total. The van der Waals surface area contributed by atoms with Crippen molar-refractivity contribution in [2.45, 2.75) is 53.0 Å². The van der Waals surface area contributed by atoms with Crippen LogP contribution in [0.25, 0.3) is 0 Å². The van der Waals surface area contributed by atoms with E-state index < -0.39 is 0 Å². The summed E-state index contributed by atoms with van der Waals surface area (Å²) in [6.45, 7) is 10.2. The number of methoxy groups -OCH3 is 1. The molecule has 0 spiro atoms. The normalized spacial score (nSPS) is 13.3. The number of nitrogens with one attached hydrogen (secondary N) is 1. The van der Waals surface area contributed by atoms with E-state index in [1.54, 1.807) is 7.11 Å². The van der Waals surface area contributed by atoms with E-state index in [4.69, 9.17) is 4.74 Å². The molecule has 0 aliphatic carbocycles. The molecule has 0 bridgehead atoms. The number of rotatable bonds is 7. The lowest BCUT2D eigenvalue weighted by Crippen LogP contribution is -2.41. The van der Waals surface area contributed by atoms with Crippen LogP contribution in [0.2, 0.25) is 0 Å². The zero-order valence-electron chi connectivity index (χ0n) is 13.4. The summed E-state index contributed by atoms with van der Waals surface area (Å²) < 4.78 is 6.48. The molecule has 0 saturated heterocycles. The first kappa shape index (κ1) is 17.5. The highest BCUT2D eigenvalue weighted by molar-refractivity contribution is 9.10. The first-order valence-corrected chi connectivity index (χ1v) is 8.23. The predicted molar refractivity (Wildman–Crippen MR) is 90.6 cm³/mol. The summed E-state index contributed by atoms with van der Waals surface area (Å²) in [6, 6.07) is 6.72. The Kier molecular flexibility index (Phi) is 7.04. The van der Waals surface area contributed by atoms with Crippen LogP contribution in [-0.2, 0) is 6.42 Å². The average molecular weight is 342 g/mol. The number of benzene rings is 1. The molecule has 0 fully saturated rings. The third kappa shape index (κ3) is 5.45. The van der Waals surface area contributed by atoms with Crippen LogP contribution in [-0.4, -0.2) is 19.7 Å². The van der Waals surface area contributed by atoms with Gasteiger partial charge in [0, 0.05) is 10.5 Å². The van der Waals surface area contributed by atoms with Crippen molar-refractivity contribution in [1.29, 1.82) is 0 Å². The monoisotopic (exact) mass is 341 g/mol. The number of aryl methyl sites for hydroxylation is 1. The van der Waals surface area contributed by atoms with Crippen molar-refractivity contribution in [2.75, 3.05) is 13.7 Å². The maximum absolute atomic E-state index is 5.31. The molecule has 0 radical (unpaired) electrons. The zero-order valence-corrected chi connectivity index (χ0v) is 15.0. The summed E-state index contributed by atoms with van der Waals surface area (Å²) in [5.41, 5.74) is 1.59. The van der Waals surface area contributed by atoms with E-state index in [9.17, 15) is 0 Å². The highest BCUT2D eigenvalue weighted by Crippen LogP contribution is 2.27. The van der Waals surface area contributed by atoms with Gasteiger partial charge in [0.2, 0.25) is 0 Å². The van der Waals surface area contributed by atoms with Crippen molar-refractivity contribution in [3.63, 3.8) is 0 Å². The minimum atomic E-state index is 0.278. The number of hydrogen-bond donors (Lipinski definition) is 1. The third-order valence-corrected chi connectivity index (χ3v) is 4.41. The zero-order chi connectivity index (χ0) is 15.2. The molecule has 0 saturated carbocycles. The molecular formula is C17H28BrNO. The second-order valence-corrected chi connectivity index (χ2v) is 7.22. The molecule has 3 heteroatoms. The molecule has 1 unspecified atom stereocenters. The highest BCUT2D eigenvalue weighted by atomic mass is 79.9. The van der Waals surface area contributed by atoms with Gasteiger partial charge in [-0.2, -0.15) is 0 Å². The quantitative estimate of drug-likeness (QED) is 0.768. The van der Waals surface area contributed by atoms with Crippen molar-refractivity contribution >= 4 is 15.9 Å². The van der Waals surface area contributed by atoms with E-state index in [-0.39, 0.29) is 5.41 Å². The van der Waals surface area contributed by atoms with Crippen molar-refractivity contribution in [1.82, 2.24) is 5.32 Å². The number of hydrogen-bond acceptors (Lipinski definition) is 2. The Morgan fingerprint density at radius 1 is 1.30 bits per heavy atom. The van der Waals surface area contributed by atoms with Crippen molar-refractivity contribution in [2.24, 2.45) is 5.41 Å². The van der Waals surface area contributed by atoms with Gasteiger partial charge in [-0.1, -0.05) is 43.6 Å². The van der Waals surface area contributed by atoms with Crippen LogP contribution >= 0.6 is 15.9 Å². The molecule has 1 aromatic carbocycles. The molecule has 0 aliphatic heterocycles. The molecule has 0 amide bonds. The molecule has 1 atom stereocenters. The standard InChI is InChI=1S/C17H28BrNO/c1-6-11-19-16(17(2,3)4)10-7-13-12-14(20-5)8-9-15(13)18/h8-9,12,16,19H,6-7,10-11H2,1-5H3. The van der Waals surface area contributed by atoms with Gasteiger partial charge in [-0.15, -0.1) is 0 Å². The SMILES string of the molecule is CCCNC(CCc1cc(OC)ccc1Br)C(C)(C)C. The Labute approximate surface area is 132 Å². The first-order chi connectivity index (χ1) is 9.38. The predicted octanol–water partition coefficient (Wildman–Crippen LogP) is 4.80. The minimum Gasteiger partial charge on any atom is -0.497 e. The smallest absolute Gasteiger partial charge is 0.119 e. The highest BCUT2D eigenvalue weighted by Gasteiger charge is 2.23. The van der Waals surface area contributed by atoms with Crippen LogP contribution in [0.3, 0.4) is 0 Å². The molecule has 0 aliphatic rings. The Bertz CT molecular complexity index is 412. The molecule has 2 nitrogen and oxygen atoms in total. The van der Waals surface area contributed by atoms with E-state index in [0.29, 0.717) is 6.04 Å². The Morgan fingerprint density at radius 3 is 2.55 bits per heavy atom. The number of halogens is 1. The van der Waals surface area contributed by atoms with Crippen LogP contribution in [0.4, 0.5) is 0 Å². The van der Waals surface area contributed by atoms with Crippen LogP contribution in [0.5, 0.6) is 5.75 Å². The molecule has 114 valence electrons. The van der Waals surface area contributed by atoms with Gasteiger partial charge in [0.1, 0.15) is 5.75 Å². The van der Waals surface area contributed by atoms with Gasteiger partial charge in [0.05, 0.1) is 7.11 Å². The fraction of sp³-hybridized carbons (Fsp3) is 0.647. The fourth-order valence-corrected chi connectivity index (χ4v) is 2.77. The summed E-state index contributed by atoms with van der Waals surface area (Å²) in [7, 11) is 1.72. The van der Waals surface area contributed by atoms with Gasteiger partial charge in [0.15, 0.2) is 0 Å². The number of ether oxygens (including phenoxy) is 1. The molecular weight excluding hydrogens is 314 g/mol. The van der Waals surface area contributed by atoms with E-state index in [2.05, 4.69) is 61.1 Å². The van der Waals surface area contributed by atoms with E-state index in [1.807, 2.05) is 6.07 Å². The Hall–Kier alpha value is -0.540. The van der Waals surface area contributed by atoms with Crippen molar-refractivity contribution < 1.29 is 4.74 Å². The Balaban J connectivity index is 2.71. The maximum atomic E-state index is 5.31. The lowest BCUT2D eigenvalue weighted by Gasteiger charge is -2.32. The van der Waals surface area contributed by atoms with E-state index in [0.717, 1.165) is 25.1 Å². The maximum Gasteiger partial charge on any atom is 0.119 e. The van der Waals surface area contributed by atoms with Gasteiger partial charge < -0.3 is 10.1 Å². The van der Waals surface area contributed by atoms with Crippen LogP contribution in [0.15, 0.2) is 22.7 Å². The summed E-state index contributed by atoms with van der Waals surface area (Å²) in [5, 5.41) is 3.68. The van der Waals surface area contributed by atoms with Gasteiger partial charge in [-0.25, -0.2) is 0 Å². The minimum absolute atomic E-state index is 0.278. The van der Waals surface area contributed by atoms with Gasteiger partial charge >= 0.3 is 0 Å². The summed E-state index contributed by atoms with van der Waals surface area (Å²) >= 11 is 3.64. The van der Waals surface area contributed by atoms with Crippen molar-refractivity contribution in [3.8, 4) is 5.75 Å². The lowest BCUT2D eigenvalue weighted by atomic mass is 9.83. The summed E-state index contributed by atoms with van der Waals surface area (Å²) in [6.07, 6.45) is 3.36. The third-order valence-electron chi connectivity index (χ3n) is 3.64. The van der Waals surface area contributed by atoms with Gasteiger partial charge in [0.25, 0.3) is 0 Å². The molecule has 0 heterocycles. The van der Waals surface area contributed by atoms with Crippen LogP contribution < -0.4 is 10.1 Å². The molecule has 0 aromatic heterocycles. The van der Waals surface area contributed by atoms with Crippen LogP contribution in [0, 0.1) is 5.41 Å². The lowest BCUT2D eigenvalue weighted by molar-refractivity contribution is 0.255. The van der Waals surface area contributed by atoms with Crippen molar-refractivity contribution in [3.05, 3.63) is 28.2 Å². The molecule has 1 rings (SSSR count). The Morgan fingerprint density at radius 2 is 2.00 bits per heavy atom. The van der Waals surface area contributed by atoms with Gasteiger partial charge in [-0.3, -0.25) is 0 Å².